The predicted octanol–water partition coefficient (Wildman–Crippen LogP) is 4.66. The van der Waals surface area contributed by atoms with Crippen LogP contribution < -0.4 is 20.3 Å². The second-order valence-electron chi connectivity index (χ2n) is 7.25. The normalized spacial score (nSPS) is 13.2. The van der Waals surface area contributed by atoms with E-state index in [1.54, 1.807) is 35.2 Å². The molecule has 0 atom stereocenters. The Bertz CT molecular complexity index is 1110. The first-order valence-electron chi connectivity index (χ1n) is 10.1. The Balaban J connectivity index is 1.51. The van der Waals surface area contributed by atoms with Gasteiger partial charge in [-0.3, -0.25) is 9.69 Å². The van der Waals surface area contributed by atoms with E-state index in [0.717, 1.165) is 5.56 Å². The van der Waals surface area contributed by atoms with Gasteiger partial charge in [0.15, 0.2) is 0 Å². The van der Waals surface area contributed by atoms with E-state index in [1.807, 2.05) is 30.3 Å². The van der Waals surface area contributed by atoms with E-state index >= 15 is 0 Å². The Morgan fingerprint density at radius 3 is 2.47 bits per heavy atom. The van der Waals surface area contributed by atoms with Crippen LogP contribution >= 0.6 is 0 Å². The van der Waals surface area contributed by atoms with Crippen LogP contribution in [0.25, 0.3) is 0 Å². The molecule has 0 aromatic heterocycles. The van der Waals surface area contributed by atoms with Gasteiger partial charge >= 0.3 is 12.6 Å². The Hall–Kier alpha value is -3.94. The summed E-state index contributed by atoms with van der Waals surface area (Å²) in [6, 6.07) is 20.5. The van der Waals surface area contributed by atoms with Crippen molar-refractivity contribution >= 4 is 23.3 Å². The molecule has 3 amide bonds. The Morgan fingerprint density at radius 2 is 1.81 bits per heavy atom. The van der Waals surface area contributed by atoms with Crippen molar-refractivity contribution in [3.05, 3.63) is 89.5 Å². The quantitative estimate of drug-likeness (QED) is 0.565. The minimum atomic E-state index is -2.94. The summed E-state index contributed by atoms with van der Waals surface area (Å²) in [5.41, 5.74) is 3.04. The van der Waals surface area contributed by atoms with Crippen molar-refractivity contribution in [3.8, 4) is 5.75 Å². The fourth-order valence-electron chi connectivity index (χ4n) is 3.54. The molecular formula is C24H21F2N3O3. The second-order valence-corrected chi connectivity index (χ2v) is 7.25. The van der Waals surface area contributed by atoms with Crippen LogP contribution in [0.5, 0.6) is 5.75 Å². The van der Waals surface area contributed by atoms with Gasteiger partial charge in [0.25, 0.3) is 5.91 Å². The first-order valence-corrected chi connectivity index (χ1v) is 10.1. The number of halogens is 2. The van der Waals surface area contributed by atoms with Crippen LogP contribution in [-0.2, 0) is 6.42 Å². The monoisotopic (exact) mass is 437 g/mol. The van der Waals surface area contributed by atoms with Crippen LogP contribution in [0.3, 0.4) is 0 Å². The SMILES string of the molecule is O=C(Nc1ccc(OC(F)F)c(Cc2ccccc2)c1)c1ccc(N2CCNC2=O)cc1. The third-order valence-electron chi connectivity index (χ3n) is 5.07. The molecule has 8 heteroatoms. The van der Waals surface area contributed by atoms with Crippen molar-refractivity contribution in [2.24, 2.45) is 0 Å². The number of amides is 3. The number of alkyl halides is 2. The van der Waals surface area contributed by atoms with Crippen LogP contribution in [0.15, 0.2) is 72.8 Å². The average molecular weight is 437 g/mol. The average Bonchev–Trinajstić information content (AvgIpc) is 3.22. The number of nitrogens with zero attached hydrogens (tertiary/aromatic N) is 1. The Morgan fingerprint density at radius 1 is 1.06 bits per heavy atom. The number of benzene rings is 3. The Labute approximate surface area is 183 Å². The molecule has 4 rings (SSSR count). The molecule has 0 unspecified atom stereocenters. The summed E-state index contributed by atoms with van der Waals surface area (Å²) in [6.45, 7) is -1.79. The zero-order chi connectivity index (χ0) is 22.5. The molecule has 1 saturated heterocycles. The van der Waals surface area contributed by atoms with E-state index < -0.39 is 6.61 Å². The molecule has 2 N–H and O–H groups in total. The molecule has 1 aliphatic heterocycles. The first-order chi connectivity index (χ1) is 15.5. The number of nitrogens with one attached hydrogen (secondary N) is 2. The van der Waals surface area contributed by atoms with Gasteiger partial charge < -0.3 is 15.4 Å². The summed E-state index contributed by atoms with van der Waals surface area (Å²) >= 11 is 0. The minimum absolute atomic E-state index is 0.0649. The lowest BCUT2D eigenvalue weighted by molar-refractivity contribution is -0.0503. The van der Waals surface area contributed by atoms with Gasteiger partial charge in [0, 0.05) is 42.0 Å². The minimum Gasteiger partial charge on any atom is -0.435 e. The first kappa shape index (κ1) is 21.3. The molecule has 6 nitrogen and oxygen atoms in total. The molecule has 3 aromatic carbocycles. The molecule has 0 aliphatic carbocycles. The fraction of sp³-hybridized carbons (Fsp3) is 0.167. The third-order valence-corrected chi connectivity index (χ3v) is 5.07. The molecule has 0 bridgehead atoms. The molecule has 1 aliphatic rings. The lowest BCUT2D eigenvalue weighted by Gasteiger charge is -2.15. The molecule has 32 heavy (non-hydrogen) atoms. The van der Waals surface area contributed by atoms with E-state index in [2.05, 4.69) is 15.4 Å². The maximum Gasteiger partial charge on any atom is 0.387 e. The van der Waals surface area contributed by atoms with Crippen molar-refractivity contribution in [2.75, 3.05) is 23.3 Å². The molecule has 0 saturated carbocycles. The van der Waals surface area contributed by atoms with Crippen LogP contribution in [0.1, 0.15) is 21.5 Å². The van der Waals surface area contributed by atoms with Crippen LogP contribution in [0.4, 0.5) is 25.0 Å². The Kier molecular flexibility index (Phi) is 6.30. The number of hydrogen-bond acceptors (Lipinski definition) is 3. The number of carbonyl (C=O) groups is 2. The number of anilines is 2. The maximum atomic E-state index is 12.8. The van der Waals surface area contributed by atoms with Gasteiger partial charge in [-0.05, 0) is 48.0 Å². The summed E-state index contributed by atoms with van der Waals surface area (Å²) in [4.78, 5) is 26.1. The van der Waals surface area contributed by atoms with E-state index in [0.29, 0.717) is 42.0 Å². The molecular weight excluding hydrogens is 416 g/mol. The van der Waals surface area contributed by atoms with Gasteiger partial charge in [0.2, 0.25) is 0 Å². The van der Waals surface area contributed by atoms with Crippen molar-refractivity contribution in [1.82, 2.24) is 5.32 Å². The van der Waals surface area contributed by atoms with Gasteiger partial charge in [-0.15, -0.1) is 0 Å². The highest BCUT2D eigenvalue weighted by atomic mass is 19.3. The molecule has 1 heterocycles. The predicted molar refractivity (Wildman–Crippen MR) is 117 cm³/mol. The van der Waals surface area contributed by atoms with Gasteiger partial charge in [-0.25, -0.2) is 4.79 Å². The van der Waals surface area contributed by atoms with Crippen molar-refractivity contribution in [3.63, 3.8) is 0 Å². The smallest absolute Gasteiger partial charge is 0.387 e. The van der Waals surface area contributed by atoms with E-state index in [-0.39, 0.29) is 17.7 Å². The van der Waals surface area contributed by atoms with E-state index in [1.165, 1.54) is 12.1 Å². The van der Waals surface area contributed by atoms with Crippen LogP contribution in [-0.4, -0.2) is 31.6 Å². The third kappa shape index (κ3) is 5.03. The highest BCUT2D eigenvalue weighted by Gasteiger charge is 2.21. The lowest BCUT2D eigenvalue weighted by atomic mass is 10.0. The number of urea groups is 1. The summed E-state index contributed by atoms with van der Waals surface area (Å²) in [6.07, 6.45) is 0.374. The van der Waals surface area contributed by atoms with E-state index in [4.69, 9.17) is 0 Å². The fourth-order valence-corrected chi connectivity index (χ4v) is 3.54. The van der Waals surface area contributed by atoms with Gasteiger partial charge in [-0.2, -0.15) is 8.78 Å². The number of carbonyl (C=O) groups excluding carboxylic acids is 2. The lowest BCUT2D eigenvalue weighted by Crippen LogP contribution is -2.27. The molecule has 1 fully saturated rings. The summed E-state index contributed by atoms with van der Waals surface area (Å²) in [7, 11) is 0. The summed E-state index contributed by atoms with van der Waals surface area (Å²) in [5, 5.41) is 5.52. The van der Waals surface area contributed by atoms with Crippen molar-refractivity contribution in [2.45, 2.75) is 13.0 Å². The van der Waals surface area contributed by atoms with Gasteiger partial charge in [0.05, 0.1) is 0 Å². The maximum absolute atomic E-state index is 12.8. The number of hydrogen-bond donors (Lipinski definition) is 2. The van der Waals surface area contributed by atoms with Crippen LogP contribution in [0.2, 0.25) is 0 Å². The zero-order valence-electron chi connectivity index (χ0n) is 17.1. The van der Waals surface area contributed by atoms with Crippen molar-refractivity contribution in [1.29, 1.82) is 0 Å². The second kappa shape index (κ2) is 9.47. The van der Waals surface area contributed by atoms with Gasteiger partial charge in [-0.1, -0.05) is 30.3 Å². The number of rotatable bonds is 7. The summed E-state index contributed by atoms with van der Waals surface area (Å²) < 4.78 is 30.3. The summed E-state index contributed by atoms with van der Waals surface area (Å²) in [5.74, 6) is -0.286. The van der Waals surface area contributed by atoms with Crippen molar-refractivity contribution < 1.29 is 23.1 Å². The highest BCUT2D eigenvalue weighted by molar-refractivity contribution is 6.05. The zero-order valence-corrected chi connectivity index (χ0v) is 17.1. The topological polar surface area (TPSA) is 70.7 Å². The molecule has 0 spiro atoms. The largest absolute Gasteiger partial charge is 0.435 e. The molecule has 164 valence electrons. The standard InChI is InChI=1S/C24H21F2N3O3/c25-23(26)32-21-11-8-19(15-18(21)14-16-4-2-1-3-5-16)28-22(30)17-6-9-20(10-7-17)29-13-12-27-24(29)31/h1-11,15,23H,12-14H2,(H,27,31)(H,28,30). The van der Waals surface area contributed by atoms with Gasteiger partial charge in [0.1, 0.15) is 5.75 Å². The highest BCUT2D eigenvalue weighted by Crippen LogP contribution is 2.27. The molecule has 0 radical (unpaired) electrons. The number of ether oxygens (including phenoxy) is 1. The molecule has 3 aromatic rings. The van der Waals surface area contributed by atoms with Crippen LogP contribution in [0, 0.1) is 0 Å². The van der Waals surface area contributed by atoms with E-state index in [9.17, 15) is 18.4 Å².